The monoisotopic (exact) mass is 303 g/mol. The maximum absolute atomic E-state index is 14.1. The van der Waals surface area contributed by atoms with E-state index in [1.54, 1.807) is 18.2 Å². The van der Waals surface area contributed by atoms with E-state index in [2.05, 4.69) is 19.2 Å². The highest BCUT2D eigenvalue weighted by molar-refractivity contribution is 5.91. The van der Waals surface area contributed by atoms with Crippen molar-refractivity contribution in [2.75, 3.05) is 6.61 Å². The first-order valence-corrected chi connectivity index (χ1v) is 8.14. The van der Waals surface area contributed by atoms with Crippen LogP contribution in [0.5, 0.6) is 0 Å². The lowest BCUT2D eigenvalue weighted by Crippen LogP contribution is -2.67. The van der Waals surface area contributed by atoms with Crippen molar-refractivity contribution in [3.05, 3.63) is 35.6 Å². The molecule has 3 aliphatic rings. The summed E-state index contributed by atoms with van der Waals surface area (Å²) in [4.78, 5) is 12.8. The zero-order valence-electron chi connectivity index (χ0n) is 13.1. The number of fused-ring (bicyclic) bond motifs is 1. The molecule has 22 heavy (non-hydrogen) atoms. The third kappa shape index (κ3) is 1.79. The molecular weight excluding hydrogens is 281 g/mol. The van der Waals surface area contributed by atoms with Gasteiger partial charge in [-0.3, -0.25) is 4.79 Å². The van der Waals surface area contributed by atoms with Crippen molar-refractivity contribution in [3.63, 3.8) is 0 Å². The van der Waals surface area contributed by atoms with E-state index in [0.29, 0.717) is 11.5 Å². The van der Waals surface area contributed by atoms with Gasteiger partial charge >= 0.3 is 0 Å². The minimum Gasteiger partial charge on any atom is -0.377 e. The van der Waals surface area contributed by atoms with Crippen molar-refractivity contribution in [1.82, 2.24) is 5.32 Å². The van der Waals surface area contributed by atoms with Crippen LogP contribution >= 0.6 is 0 Å². The van der Waals surface area contributed by atoms with E-state index in [9.17, 15) is 9.18 Å². The highest BCUT2D eigenvalue weighted by atomic mass is 19.1. The maximum Gasteiger partial charge on any atom is 0.231 e. The molecule has 1 heterocycles. The van der Waals surface area contributed by atoms with Gasteiger partial charge in [0.2, 0.25) is 5.91 Å². The molecule has 1 amide bonds. The van der Waals surface area contributed by atoms with Crippen molar-refractivity contribution in [1.29, 1.82) is 0 Å². The molecule has 0 spiro atoms. The fourth-order valence-corrected chi connectivity index (χ4v) is 4.49. The highest BCUT2D eigenvalue weighted by Crippen LogP contribution is 2.54. The molecule has 3 atom stereocenters. The van der Waals surface area contributed by atoms with Gasteiger partial charge in [-0.25, -0.2) is 4.39 Å². The molecule has 0 aromatic heterocycles. The van der Waals surface area contributed by atoms with Gasteiger partial charge in [0.15, 0.2) is 0 Å². The third-order valence-corrected chi connectivity index (χ3v) is 5.96. The molecule has 1 N–H and O–H groups in total. The van der Waals surface area contributed by atoms with Crippen LogP contribution in [0.4, 0.5) is 4.39 Å². The molecule has 0 bridgehead atoms. The first-order chi connectivity index (χ1) is 10.5. The van der Waals surface area contributed by atoms with Gasteiger partial charge in [0.05, 0.1) is 11.5 Å². The second kappa shape index (κ2) is 4.54. The second-order valence-corrected chi connectivity index (χ2v) is 7.58. The molecule has 118 valence electrons. The number of rotatable bonds is 3. The highest BCUT2D eigenvalue weighted by Gasteiger charge is 2.62. The minimum absolute atomic E-state index is 0.0129. The number of ether oxygens (including phenoxy) is 1. The summed E-state index contributed by atoms with van der Waals surface area (Å²) in [5.74, 6) is 0.126. The quantitative estimate of drug-likeness (QED) is 0.932. The molecule has 3 nitrogen and oxygen atoms in total. The smallest absolute Gasteiger partial charge is 0.231 e. The van der Waals surface area contributed by atoms with Crippen molar-refractivity contribution < 1.29 is 13.9 Å². The van der Waals surface area contributed by atoms with E-state index in [1.807, 2.05) is 0 Å². The average Bonchev–Trinajstić information content (AvgIpc) is 3.16. The number of benzene rings is 1. The summed E-state index contributed by atoms with van der Waals surface area (Å²) in [5.41, 5.74) is -0.141. The number of hydrogen-bond donors (Lipinski definition) is 1. The van der Waals surface area contributed by atoms with Crippen molar-refractivity contribution in [2.24, 2.45) is 11.3 Å². The summed E-state index contributed by atoms with van der Waals surface area (Å²) < 4.78 is 19.9. The normalized spacial score (nSPS) is 33.7. The average molecular weight is 303 g/mol. The maximum atomic E-state index is 14.1. The van der Waals surface area contributed by atoms with E-state index in [-0.39, 0.29) is 29.3 Å². The Hall–Kier alpha value is -1.42. The lowest BCUT2D eigenvalue weighted by atomic mass is 9.57. The van der Waals surface area contributed by atoms with Crippen molar-refractivity contribution in [3.8, 4) is 0 Å². The van der Waals surface area contributed by atoms with Crippen LogP contribution in [0.3, 0.4) is 0 Å². The zero-order valence-corrected chi connectivity index (χ0v) is 13.1. The Kier molecular flexibility index (Phi) is 2.93. The minimum atomic E-state index is -0.647. The molecule has 2 aliphatic carbocycles. The van der Waals surface area contributed by atoms with Crippen LogP contribution < -0.4 is 5.32 Å². The van der Waals surface area contributed by atoms with Crippen molar-refractivity contribution >= 4 is 5.91 Å². The second-order valence-electron chi connectivity index (χ2n) is 7.58. The Morgan fingerprint density at radius 3 is 2.73 bits per heavy atom. The summed E-state index contributed by atoms with van der Waals surface area (Å²) in [6, 6.07) is 6.80. The predicted octanol–water partition coefficient (Wildman–Crippen LogP) is 2.79. The Balaban J connectivity index is 1.55. The molecule has 1 aliphatic heterocycles. The molecule has 0 radical (unpaired) electrons. The van der Waals surface area contributed by atoms with E-state index in [1.165, 1.54) is 6.07 Å². The summed E-state index contributed by atoms with van der Waals surface area (Å²) >= 11 is 0. The van der Waals surface area contributed by atoms with Crippen LogP contribution in [0.25, 0.3) is 0 Å². The van der Waals surface area contributed by atoms with Gasteiger partial charge in [0.25, 0.3) is 0 Å². The van der Waals surface area contributed by atoms with E-state index in [0.717, 1.165) is 25.9 Å². The number of halogens is 1. The molecule has 3 fully saturated rings. The van der Waals surface area contributed by atoms with Crippen LogP contribution in [0.15, 0.2) is 24.3 Å². The zero-order chi connectivity index (χ0) is 15.5. The first-order valence-electron chi connectivity index (χ1n) is 8.14. The Labute approximate surface area is 130 Å². The SMILES string of the molecule is CC1(C)[C@H](NC(=O)C2(c3ccccc3F)CC2)[C@H]2CCO[C@@H]21. The Morgan fingerprint density at radius 1 is 1.32 bits per heavy atom. The lowest BCUT2D eigenvalue weighted by molar-refractivity contribution is -0.139. The Morgan fingerprint density at radius 2 is 2.05 bits per heavy atom. The molecule has 0 unspecified atom stereocenters. The van der Waals surface area contributed by atoms with Gasteiger partial charge in [-0.15, -0.1) is 0 Å². The summed E-state index contributed by atoms with van der Waals surface area (Å²) in [6.45, 7) is 5.07. The number of hydrogen-bond acceptors (Lipinski definition) is 2. The van der Waals surface area contributed by atoms with Crippen LogP contribution in [-0.2, 0) is 14.9 Å². The van der Waals surface area contributed by atoms with Crippen molar-refractivity contribution in [2.45, 2.75) is 50.7 Å². The van der Waals surface area contributed by atoms with Crippen LogP contribution in [0.2, 0.25) is 0 Å². The molecule has 4 rings (SSSR count). The van der Waals surface area contributed by atoms with Crippen LogP contribution in [0.1, 0.15) is 38.7 Å². The summed E-state index contributed by atoms with van der Waals surface area (Å²) in [7, 11) is 0. The predicted molar refractivity (Wildman–Crippen MR) is 80.9 cm³/mol. The number of carbonyl (C=O) groups is 1. The van der Waals surface area contributed by atoms with Gasteiger partial charge in [0.1, 0.15) is 5.82 Å². The fraction of sp³-hybridized carbons (Fsp3) is 0.611. The van der Waals surface area contributed by atoms with Crippen LogP contribution in [-0.4, -0.2) is 24.7 Å². The van der Waals surface area contributed by atoms with Gasteiger partial charge < -0.3 is 10.1 Å². The van der Waals surface area contributed by atoms with Gasteiger partial charge in [0, 0.05) is 29.5 Å². The first kappa shape index (κ1) is 14.2. The van der Waals surface area contributed by atoms with Gasteiger partial charge in [-0.1, -0.05) is 32.0 Å². The molecule has 1 saturated heterocycles. The molecule has 1 aromatic rings. The van der Waals surface area contributed by atoms with Gasteiger partial charge in [-0.2, -0.15) is 0 Å². The number of carbonyl (C=O) groups excluding carboxylic acids is 1. The molecule has 1 aromatic carbocycles. The third-order valence-electron chi connectivity index (χ3n) is 5.96. The lowest BCUT2D eigenvalue weighted by Gasteiger charge is -2.54. The summed E-state index contributed by atoms with van der Waals surface area (Å²) in [5, 5.41) is 3.22. The molecular formula is C18H22FNO2. The topological polar surface area (TPSA) is 38.3 Å². The van der Waals surface area contributed by atoms with Gasteiger partial charge in [-0.05, 0) is 25.3 Å². The standard InChI is InChI=1S/C18H22FNO2/c1-17(2)14(11-7-10-22-15(11)17)20-16(21)18(8-9-18)12-5-3-4-6-13(12)19/h3-6,11,14-15H,7-10H2,1-2H3,(H,20,21)/t11-,14-,15+/m1/s1. The fourth-order valence-electron chi connectivity index (χ4n) is 4.49. The largest absolute Gasteiger partial charge is 0.377 e. The number of amides is 1. The van der Waals surface area contributed by atoms with E-state index in [4.69, 9.17) is 4.74 Å². The van der Waals surface area contributed by atoms with E-state index >= 15 is 0 Å². The molecule has 4 heteroatoms. The van der Waals surface area contributed by atoms with Crippen LogP contribution in [0, 0.1) is 17.2 Å². The molecule has 2 saturated carbocycles. The van der Waals surface area contributed by atoms with E-state index < -0.39 is 5.41 Å². The number of nitrogens with one attached hydrogen (secondary N) is 1. The Bertz CT molecular complexity index is 623. The summed E-state index contributed by atoms with van der Waals surface area (Å²) in [6.07, 6.45) is 2.72.